The first-order valence-corrected chi connectivity index (χ1v) is 8.71. The predicted molar refractivity (Wildman–Crippen MR) is 87.9 cm³/mol. The van der Waals surface area contributed by atoms with E-state index in [9.17, 15) is 17.9 Å². The molecule has 0 bridgehead atoms. The number of nitrogens with zero attached hydrogens (tertiary/aromatic N) is 2. The van der Waals surface area contributed by atoms with Crippen molar-refractivity contribution in [2.24, 2.45) is 0 Å². The number of fused-ring (bicyclic) bond motifs is 1. The zero-order valence-corrected chi connectivity index (χ0v) is 14.0. The molecule has 3 aromatic rings. The molecule has 2 aromatic carbocycles. The Morgan fingerprint density at radius 2 is 1.88 bits per heavy atom. The number of aliphatic hydroxyl groups is 1. The number of halogens is 2. The van der Waals surface area contributed by atoms with E-state index in [1.165, 1.54) is 24.4 Å². The molecular formula is C15H12ClFN2O5S. The summed E-state index contributed by atoms with van der Waals surface area (Å²) in [6, 6.07) is 6.88. The molecule has 1 aromatic heterocycles. The summed E-state index contributed by atoms with van der Waals surface area (Å²) in [7, 11) is -4.16. The number of benzene rings is 2. The third-order valence-corrected chi connectivity index (χ3v) is 5.66. The summed E-state index contributed by atoms with van der Waals surface area (Å²) in [4.78, 5) is -0.272. The van der Waals surface area contributed by atoms with Crippen LogP contribution in [-0.2, 0) is 16.6 Å². The van der Waals surface area contributed by atoms with Crippen LogP contribution in [0.3, 0.4) is 0 Å². The van der Waals surface area contributed by atoms with Crippen LogP contribution in [0.5, 0.6) is 0 Å². The molecule has 7 nitrogen and oxygen atoms in total. The van der Waals surface area contributed by atoms with E-state index in [-0.39, 0.29) is 37.3 Å². The molecule has 25 heavy (non-hydrogen) atoms. The van der Waals surface area contributed by atoms with Gasteiger partial charge >= 0.3 is 0 Å². The first kappa shape index (κ1) is 17.6. The second-order valence-corrected chi connectivity index (χ2v) is 7.40. The normalized spacial score (nSPS) is 11.9. The van der Waals surface area contributed by atoms with Gasteiger partial charge in [-0.05, 0) is 36.4 Å². The van der Waals surface area contributed by atoms with E-state index in [2.05, 4.69) is 0 Å². The van der Waals surface area contributed by atoms with Crippen molar-refractivity contribution in [2.45, 2.75) is 11.5 Å². The molecule has 0 aliphatic carbocycles. The third-order valence-electron chi connectivity index (χ3n) is 3.68. The highest BCUT2D eigenvalue weighted by atomic mass is 35.5. The van der Waals surface area contributed by atoms with Crippen LogP contribution in [0.4, 0.5) is 10.1 Å². The van der Waals surface area contributed by atoms with Gasteiger partial charge in [0.15, 0.2) is 0 Å². The number of rotatable bonds is 4. The van der Waals surface area contributed by atoms with Gasteiger partial charge in [0.25, 0.3) is 10.0 Å². The van der Waals surface area contributed by atoms with E-state index in [0.29, 0.717) is 0 Å². The fourth-order valence-corrected chi connectivity index (χ4v) is 4.09. The van der Waals surface area contributed by atoms with E-state index in [0.717, 1.165) is 22.2 Å². The van der Waals surface area contributed by atoms with Gasteiger partial charge in [0.1, 0.15) is 11.5 Å². The fraction of sp³-hybridized carbons (Fsp3) is 0.0667. The molecule has 10 heteroatoms. The summed E-state index contributed by atoms with van der Waals surface area (Å²) in [5.74, 6) is -0.567. The van der Waals surface area contributed by atoms with Crippen LogP contribution in [-0.4, -0.2) is 27.9 Å². The quantitative estimate of drug-likeness (QED) is 0.596. The minimum Gasteiger partial charge on any atom is -0.392 e. The Balaban J connectivity index is 2.25. The number of anilines is 1. The van der Waals surface area contributed by atoms with Crippen LogP contribution in [0.2, 0.25) is 5.02 Å². The van der Waals surface area contributed by atoms with E-state index in [1.807, 2.05) is 0 Å². The highest BCUT2D eigenvalue weighted by molar-refractivity contribution is 7.90. The minimum atomic E-state index is -4.16. The van der Waals surface area contributed by atoms with E-state index >= 15 is 0 Å². The summed E-state index contributed by atoms with van der Waals surface area (Å²) in [6.07, 6.45) is 1.18. The summed E-state index contributed by atoms with van der Waals surface area (Å²) in [5.41, 5.74) is 0.0811. The SMILES string of the molecule is O=S(=O)(c1ccc(Cl)c(N(O)O)c1)n1cc(CO)c2cc(F)ccc21. The van der Waals surface area contributed by atoms with Crippen LogP contribution >= 0.6 is 11.6 Å². The molecule has 0 atom stereocenters. The molecule has 3 N–H and O–H groups in total. The van der Waals surface area contributed by atoms with Gasteiger partial charge in [-0.25, -0.2) is 16.8 Å². The van der Waals surface area contributed by atoms with E-state index in [4.69, 9.17) is 22.0 Å². The Morgan fingerprint density at radius 1 is 1.16 bits per heavy atom. The van der Waals surface area contributed by atoms with E-state index in [1.54, 1.807) is 0 Å². The number of aliphatic hydroxyl groups excluding tert-OH is 1. The van der Waals surface area contributed by atoms with Gasteiger partial charge in [-0.3, -0.25) is 10.4 Å². The molecule has 132 valence electrons. The zero-order valence-electron chi connectivity index (χ0n) is 12.5. The van der Waals surface area contributed by atoms with Gasteiger partial charge in [0.05, 0.1) is 22.0 Å². The van der Waals surface area contributed by atoms with Crippen molar-refractivity contribution >= 4 is 38.2 Å². The first-order valence-electron chi connectivity index (χ1n) is 6.89. The molecule has 1 heterocycles. The highest BCUT2D eigenvalue weighted by Gasteiger charge is 2.23. The van der Waals surface area contributed by atoms with Crippen LogP contribution in [0.25, 0.3) is 10.9 Å². The summed E-state index contributed by atoms with van der Waals surface area (Å²) < 4.78 is 40.2. The Labute approximate surface area is 146 Å². The number of hydrogen-bond donors (Lipinski definition) is 3. The van der Waals surface area contributed by atoms with Crippen molar-refractivity contribution in [3.63, 3.8) is 0 Å². The molecule has 0 unspecified atom stereocenters. The Morgan fingerprint density at radius 3 is 2.52 bits per heavy atom. The van der Waals surface area contributed by atoms with Crippen molar-refractivity contribution in [1.29, 1.82) is 0 Å². The van der Waals surface area contributed by atoms with Crippen molar-refractivity contribution < 1.29 is 28.3 Å². The molecule has 0 saturated heterocycles. The molecule has 0 spiro atoms. The Hall–Kier alpha value is -2.17. The maximum atomic E-state index is 13.5. The number of hydrogen-bond acceptors (Lipinski definition) is 6. The lowest BCUT2D eigenvalue weighted by Crippen LogP contribution is -2.15. The average Bonchev–Trinajstić information content (AvgIpc) is 2.93. The Bertz CT molecular complexity index is 1070. The van der Waals surface area contributed by atoms with Crippen molar-refractivity contribution in [3.8, 4) is 0 Å². The monoisotopic (exact) mass is 386 g/mol. The minimum absolute atomic E-state index is 0.0700. The second-order valence-electron chi connectivity index (χ2n) is 5.18. The molecule has 0 radical (unpaired) electrons. The summed E-state index contributed by atoms with van der Waals surface area (Å²) >= 11 is 5.79. The van der Waals surface area contributed by atoms with Crippen molar-refractivity contribution in [1.82, 2.24) is 3.97 Å². The van der Waals surface area contributed by atoms with Gasteiger partial charge in [-0.15, -0.1) is 5.23 Å². The van der Waals surface area contributed by atoms with Gasteiger partial charge in [0.2, 0.25) is 0 Å². The largest absolute Gasteiger partial charge is 0.392 e. The molecule has 0 saturated carbocycles. The molecular weight excluding hydrogens is 375 g/mol. The average molecular weight is 387 g/mol. The lowest BCUT2D eigenvalue weighted by atomic mass is 10.2. The molecule has 0 fully saturated rings. The highest BCUT2D eigenvalue weighted by Crippen LogP contribution is 2.31. The second kappa shape index (κ2) is 6.28. The van der Waals surface area contributed by atoms with Gasteiger partial charge < -0.3 is 5.11 Å². The smallest absolute Gasteiger partial charge is 0.268 e. The third kappa shape index (κ3) is 2.96. The number of aromatic nitrogens is 1. The lowest BCUT2D eigenvalue weighted by molar-refractivity contribution is 0.0291. The van der Waals surface area contributed by atoms with Gasteiger partial charge in [-0.1, -0.05) is 11.6 Å². The molecule has 0 amide bonds. The maximum absolute atomic E-state index is 13.5. The van der Waals surface area contributed by atoms with Crippen molar-refractivity contribution in [3.05, 3.63) is 59.0 Å². The molecule has 0 aliphatic rings. The van der Waals surface area contributed by atoms with Crippen molar-refractivity contribution in [2.75, 3.05) is 5.23 Å². The summed E-state index contributed by atoms with van der Waals surface area (Å²) in [5, 5.41) is 27.6. The van der Waals surface area contributed by atoms with Gasteiger partial charge in [0, 0.05) is 17.1 Å². The summed E-state index contributed by atoms with van der Waals surface area (Å²) in [6.45, 7) is -0.477. The van der Waals surface area contributed by atoms with Gasteiger partial charge in [-0.2, -0.15) is 0 Å². The van der Waals surface area contributed by atoms with E-state index < -0.39 is 22.4 Å². The topological polar surface area (TPSA) is 103 Å². The molecule has 3 rings (SSSR count). The fourth-order valence-electron chi connectivity index (χ4n) is 2.48. The lowest BCUT2D eigenvalue weighted by Gasteiger charge is -2.13. The van der Waals surface area contributed by atoms with Crippen LogP contribution in [0.1, 0.15) is 5.56 Å². The Kier molecular flexibility index (Phi) is 4.43. The van der Waals surface area contributed by atoms with Crippen LogP contribution < -0.4 is 5.23 Å². The predicted octanol–water partition coefficient (Wildman–Crippen LogP) is 2.75. The van der Waals surface area contributed by atoms with Crippen LogP contribution in [0.15, 0.2) is 47.5 Å². The molecule has 0 aliphatic heterocycles. The first-order chi connectivity index (χ1) is 11.8. The standard InChI is InChI=1S/C15H12ClFN2O5S/c16-13-3-2-11(6-15(13)19(21)22)25(23,24)18-7-9(8-20)12-5-10(17)1-4-14(12)18/h1-7,20-22H,8H2. The zero-order chi connectivity index (χ0) is 18.4. The maximum Gasteiger partial charge on any atom is 0.268 e. The van der Waals surface area contributed by atoms with Crippen LogP contribution in [0, 0.1) is 5.82 Å².